The van der Waals surface area contributed by atoms with Gasteiger partial charge in [-0.3, -0.25) is 0 Å². The summed E-state index contributed by atoms with van der Waals surface area (Å²) in [6.45, 7) is 1.72. The van der Waals surface area contributed by atoms with Gasteiger partial charge in [0.15, 0.2) is 0 Å². The summed E-state index contributed by atoms with van der Waals surface area (Å²) in [5, 5.41) is 12.8. The zero-order valence-electron chi connectivity index (χ0n) is 9.13. The first-order valence-electron chi connectivity index (χ1n) is 5.36. The van der Waals surface area contributed by atoms with E-state index in [1.54, 1.807) is 0 Å². The van der Waals surface area contributed by atoms with Gasteiger partial charge in [-0.2, -0.15) is 11.8 Å². The lowest BCUT2D eigenvalue weighted by Gasteiger charge is -2.12. The van der Waals surface area contributed by atoms with Gasteiger partial charge in [-0.05, 0) is 5.56 Å². The van der Waals surface area contributed by atoms with Crippen molar-refractivity contribution in [2.45, 2.75) is 11.9 Å². The molecular formula is C12H18ClNOS. The third-order valence-corrected chi connectivity index (χ3v) is 3.95. The molecule has 1 fully saturated rings. The van der Waals surface area contributed by atoms with E-state index in [2.05, 4.69) is 29.6 Å². The number of benzene rings is 1. The topological polar surface area (TPSA) is 32.3 Å². The van der Waals surface area contributed by atoms with Crippen LogP contribution < -0.4 is 5.32 Å². The van der Waals surface area contributed by atoms with Crippen LogP contribution >= 0.6 is 24.2 Å². The number of rotatable bonds is 4. The van der Waals surface area contributed by atoms with Crippen molar-refractivity contribution in [2.24, 2.45) is 5.92 Å². The summed E-state index contributed by atoms with van der Waals surface area (Å²) in [4.78, 5) is 0. The Morgan fingerprint density at radius 3 is 2.62 bits per heavy atom. The molecule has 1 aliphatic rings. The number of hydrogen-bond donors (Lipinski definition) is 2. The van der Waals surface area contributed by atoms with Gasteiger partial charge in [-0.1, -0.05) is 30.3 Å². The average Bonchev–Trinajstić information content (AvgIpc) is 2.66. The normalized spacial score (nSPS) is 24.1. The third kappa shape index (κ3) is 3.98. The molecule has 1 saturated heterocycles. The van der Waals surface area contributed by atoms with Gasteiger partial charge in [0.2, 0.25) is 0 Å². The predicted molar refractivity (Wildman–Crippen MR) is 72.2 cm³/mol. The number of aliphatic hydroxyl groups excluding tert-OH is 1. The highest BCUT2D eigenvalue weighted by Crippen LogP contribution is 2.19. The van der Waals surface area contributed by atoms with Crippen molar-refractivity contribution in [3.05, 3.63) is 35.9 Å². The first-order chi connectivity index (χ1) is 7.36. The second-order valence-electron chi connectivity index (χ2n) is 3.99. The maximum Gasteiger partial charge on any atom is 0.0712 e. The maximum absolute atomic E-state index is 9.61. The number of nitrogens with one attached hydrogen (secondary N) is 1. The van der Waals surface area contributed by atoms with Crippen LogP contribution in [0.25, 0.3) is 0 Å². The molecule has 90 valence electrons. The molecule has 0 bridgehead atoms. The predicted octanol–water partition coefficient (Wildman–Crippen LogP) is 1.92. The second-order valence-corrected chi connectivity index (χ2v) is 5.02. The Hall–Kier alpha value is -0.220. The van der Waals surface area contributed by atoms with E-state index in [9.17, 15) is 5.11 Å². The van der Waals surface area contributed by atoms with Crippen LogP contribution in [0.3, 0.4) is 0 Å². The standard InChI is InChI=1S/C12H17NOS.ClH/c14-12-7-13-6-11(12)9-15-8-10-4-2-1-3-5-10;/h1-5,11-14H,6-9H2;1H. The van der Waals surface area contributed by atoms with E-state index in [0.29, 0.717) is 5.92 Å². The van der Waals surface area contributed by atoms with Gasteiger partial charge < -0.3 is 10.4 Å². The van der Waals surface area contributed by atoms with Crippen molar-refractivity contribution in [3.8, 4) is 0 Å². The summed E-state index contributed by atoms with van der Waals surface area (Å²) in [6.07, 6.45) is -0.145. The van der Waals surface area contributed by atoms with Gasteiger partial charge >= 0.3 is 0 Å². The summed E-state index contributed by atoms with van der Waals surface area (Å²) in [7, 11) is 0. The quantitative estimate of drug-likeness (QED) is 0.867. The Morgan fingerprint density at radius 2 is 2.00 bits per heavy atom. The number of hydrogen-bond acceptors (Lipinski definition) is 3. The smallest absolute Gasteiger partial charge is 0.0712 e. The Labute approximate surface area is 107 Å². The molecule has 0 aliphatic carbocycles. The molecule has 2 atom stereocenters. The molecule has 1 aromatic rings. The second kappa shape index (κ2) is 7.17. The Bertz CT molecular complexity index is 296. The molecule has 2 N–H and O–H groups in total. The van der Waals surface area contributed by atoms with Crippen molar-refractivity contribution in [3.63, 3.8) is 0 Å². The van der Waals surface area contributed by atoms with Crippen molar-refractivity contribution < 1.29 is 5.11 Å². The lowest BCUT2D eigenvalue weighted by molar-refractivity contribution is 0.158. The first kappa shape index (κ1) is 13.8. The number of β-amino-alcohol motifs (C(OH)–C–C–N with tert-alkyl or cyclic N) is 1. The minimum atomic E-state index is -0.145. The molecule has 2 unspecified atom stereocenters. The Balaban J connectivity index is 0.00000128. The van der Waals surface area contributed by atoms with E-state index < -0.39 is 0 Å². The van der Waals surface area contributed by atoms with Crippen LogP contribution in [0, 0.1) is 5.92 Å². The summed E-state index contributed by atoms with van der Waals surface area (Å²) < 4.78 is 0. The van der Waals surface area contributed by atoms with Crippen molar-refractivity contribution in [1.29, 1.82) is 0 Å². The molecular weight excluding hydrogens is 242 g/mol. The number of thioether (sulfide) groups is 1. The average molecular weight is 260 g/mol. The third-order valence-electron chi connectivity index (χ3n) is 2.75. The van der Waals surface area contributed by atoms with Gasteiger partial charge in [-0.25, -0.2) is 0 Å². The van der Waals surface area contributed by atoms with Gasteiger partial charge in [0.05, 0.1) is 6.10 Å². The van der Waals surface area contributed by atoms with E-state index >= 15 is 0 Å². The monoisotopic (exact) mass is 259 g/mol. The Kier molecular flexibility index (Phi) is 6.21. The van der Waals surface area contributed by atoms with Gasteiger partial charge in [-0.15, -0.1) is 12.4 Å². The molecule has 1 aromatic carbocycles. The zero-order valence-corrected chi connectivity index (χ0v) is 10.8. The molecule has 0 aromatic heterocycles. The van der Waals surface area contributed by atoms with Crippen LogP contribution in [0.4, 0.5) is 0 Å². The van der Waals surface area contributed by atoms with Crippen LogP contribution in [0.1, 0.15) is 5.56 Å². The molecule has 4 heteroatoms. The number of halogens is 1. The fourth-order valence-electron chi connectivity index (χ4n) is 1.79. The van der Waals surface area contributed by atoms with Gasteiger partial charge in [0.1, 0.15) is 0 Å². The highest BCUT2D eigenvalue weighted by molar-refractivity contribution is 7.98. The van der Waals surface area contributed by atoms with Crippen molar-refractivity contribution in [2.75, 3.05) is 18.8 Å². The molecule has 0 spiro atoms. The fraction of sp³-hybridized carbons (Fsp3) is 0.500. The van der Waals surface area contributed by atoms with Crippen LogP contribution in [-0.2, 0) is 5.75 Å². The summed E-state index contributed by atoms with van der Waals surface area (Å²) in [5.41, 5.74) is 1.36. The number of aliphatic hydroxyl groups is 1. The van der Waals surface area contributed by atoms with E-state index in [1.807, 2.05) is 17.8 Å². The molecule has 0 saturated carbocycles. The van der Waals surface area contributed by atoms with Crippen molar-refractivity contribution in [1.82, 2.24) is 5.32 Å². The van der Waals surface area contributed by atoms with Crippen LogP contribution in [-0.4, -0.2) is 30.1 Å². The van der Waals surface area contributed by atoms with Gasteiger partial charge in [0.25, 0.3) is 0 Å². The SMILES string of the molecule is Cl.OC1CNCC1CSCc1ccccc1. The first-order valence-corrected chi connectivity index (χ1v) is 6.52. The van der Waals surface area contributed by atoms with Crippen molar-refractivity contribution >= 4 is 24.2 Å². The van der Waals surface area contributed by atoms with Crippen LogP contribution in [0.15, 0.2) is 30.3 Å². The van der Waals surface area contributed by atoms with Crippen LogP contribution in [0.5, 0.6) is 0 Å². The molecule has 2 rings (SSSR count). The summed E-state index contributed by atoms with van der Waals surface area (Å²) in [6, 6.07) is 10.5. The molecule has 16 heavy (non-hydrogen) atoms. The van der Waals surface area contributed by atoms with E-state index in [4.69, 9.17) is 0 Å². The molecule has 0 radical (unpaired) electrons. The zero-order chi connectivity index (χ0) is 10.5. The summed E-state index contributed by atoms with van der Waals surface area (Å²) in [5.74, 6) is 2.52. The molecule has 1 heterocycles. The fourth-order valence-corrected chi connectivity index (χ4v) is 2.98. The minimum absolute atomic E-state index is 0. The lowest BCUT2D eigenvalue weighted by Crippen LogP contribution is -2.19. The van der Waals surface area contributed by atoms with E-state index in [0.717, 1.165) is 24.6 Å². The molecule has 2 nitrogen and oxygen atoms in total. The highest BCUT2D eigenvalue weighted by atomic mass is 35.5. The molecule has 1 aliphatic heterocycles. The highest BCUT2D eigenvalue weighted by Gasteiger charge is 2.24. The van der Waals surface area contributed by atoms with E-state index in [-0.39, 0.29) is 18.5 Å². The largest absolute Gasteiger partial charge is 0.391 e. The summed E-state index contributed by atoms with van der Waals surface area (Å²) >= 11 is 1.91. The van der Waals surface area contributed by atoms with E-state index in [1.165, 1.54) is 5.56 Å². The minimum Gasteiger partial charge on any atom is -0.391 e. The maximum atomic E-state index is 9.61. The van der Waals surface area contributed by atoms with Crippen LogP contribution in [0.2, 0.25) is 0 Å². The molecule has 0 amide bonds. The van der Waals surface area contributed by atoms with Gasteiger partial charge in [0, 0.05) is 30.5 Å². The Morgan fingerprint density at radius 1 is 1.25 bits per heavy atom. The lowest BCUT2D eigenvalue weighted by atomic mass is 10.1.